The minimum Gasteiger partial charge on any atom is -0.388 e. The van der Waals surface area contributed by atoms with Gasteiger partial charge in [0, 0.05) is 29.9 Å². The minimum atomic E-state index is -0.567. The number of aromatic nitrogens is 2. The highest BCUT2D eigenvalue weighted by Gasteiger charge is 2.12. The van der Waals surface area contributed by atoms with Crippen LogP contribution in [0.15, 0.2) is 60.9 Å². The Hall–Kier alpha value is -2.26. The average molecular weight is 250 g/mol. The van der Waals surface area contributed by atoms with Crippen molar-refractivity contribution in [3.63, 3.8) is 0 Å². The fraction of sp³-hybridized carbons (Fsp3) is 0.125. The molecule has 1 N–H and O–H groups in total. The highest BCUT2D eigenvalue weighted by Crippen LogP contribution is 2.24. The first-order chi connectivity index (χ1) is 9.34. The van der Waals surface area contributed by atoms with E-state index in [4.69, 9.17) is 0 Å². The fourth-order valence-electron chi connectivity index (χ4n) is 2.24. The van der Waals surface area contributed by atoms with Crippen molar-refractivity contribution in [1.29, 1.82) is 0 Å². The van der Waals surface area contributed by atoms with Crippen molar-refractivity contribution in [3.8, 4) is 0 Å². The highest BCUT2D eigenvalue weighted by atomic mass is 16.3. The molecule has 1 unspecified atom stereocenters. The molecular formula is C16H14N2O. The van der Waals surface area contributed by atoms with Gasteiger partial charge in [-0.2, -0.15) is 0 Å². The minimum absolute atomic E-state index is 0.509. The Morgan fingerprint density at radius 2 is 1.74 bits per heavy atom. The number of para-hydroxylation sites is 1. The molecule has 0 bridgehead atoms. The van der Waals surface area contributed by atoms with E-state index in [9.17, 15) is 5.11 Å². The average Bonchev–Trinajstić information content (AvgIpc) is 2.47. The summed E-state index contributed by atoms with van der Waals surface area (Å²) in [5.41, 5.74) is 2.69. The maximum absolute atomic E-state index is 10.4. The lowest BCUT2D eigenvalue weighted by Crippen LogP contribution is -2.04. The van der Waals surface area contributed by atoms with Gasteiger partial charge in [0.15, 0.2) is 0 Å². The van der Waals surface area contributed by atoms with Crippen LogP contribution in [0.5, 0.6) is 0 Å². The van der Waals surface area contributed by atoms with E-state index in [-0.39, 0.29) is 0 Å². The molecule has 3 rings (SSSR count). The zero-order valence-corrected chi connectivity index (χ0v) is 10.4. The maximum Gasteiger partial charge on any atom is 0.0852 e. The Bertz CT molecular complexity index is 677. The highest BCUT2D eigenvalue weighted by molar-refractivity contribution is 5.82. The van der Waals surface area contributed by atoms with Crippen molar-refractivity contribution < 1.29 is 5.11 Å². The van der Waals surface area contributed by atoms with E-state index < -0.39 is 6.10 Å². The van der Waals surface area contributed by atoms with Crippen molar-refractivity contribution in [1.82, 2.24) is 9.97 Å². The number of fused-ring (bicyclic) bond motifs is 1. The van der Waals surface area contributed by atoms with Crippen LogP contribution in [-0.4, -0.2) is 15.1 Å². The molecule has 0 amide bonds. The van der Waals surface area contributed by atoms with E-state index in [1.807, 2.05) is 48.5 Å². The van der Waals surface area contributed by atoms with Gasteiger partial charge in [0.1, 0.15) is 0 Å². The molecule has 94 valence electrons. The van der Waals surface area contributed by atoms with Gasteiger partial charge in [0.05, 0.1) is 11.6 Å². The first kappa shape index (κ1) is 11.8. The number of nitrogens with zero attached hydrogens (tertiary/aromatic N) is 2. The van der Waals surface area contributed by atoms with Gasteiger partial charge < -0.3 is 5.11 Å². The predicted octanol–water partition coefficient (Wildman–Crippen LogP) is 2.91. The molecule has 0 aliphatic rings. The standard InChI is InChI=1S/C16H14N2O/c19-16(11-12-5-3-4-9-17-12)14-8-10-18-15-7-2-1-6-13(14)15/h1-10,16,19H,11H2. The number of benzene rings is 1. The summed E-state index contributed by atoms with van der Waals surface area (Å²) in [5.74, 6) is 0. The molecule has 0 spiro atoms. The van der Waals surface area contributed by atoms with Crippen molar-refractivity contribution in [2.75, 3.05) is 0 Å². The number of rotatable bonds is 3. The van der Waals surface area contributed by atoms with Crippen LogP contribution in [0.4, 0.5) is 0 Å². The molecule has 2 heterocycles. The van der Waals surface area contributed by atoms with Gasteiger partial charge >= 0.3 is 0 Å². The first-order valence-corrected chi connectivity index (χ1v) is 6.26. The third-order valence-corrected chi connectivity index (χ3v) is 3.17. The lowest BCUT2D eigenvalue weighted by atomic mass is 10.0. The molecule has 0 saturated carbocycles. The molecule has 0 fully saturated rings. The van der Waals surface area contributed by atoms with Gasteiger partial charge in [-0.15, -0.1) is 0 Å². The molecule has 19 heavy (non-hydrogen) atoms. The monoisotopic (exact) mass is 250 g/mol. The molecule has 0 aliphatic carbocycles. The van der Waals surface area contributed by atoms with E-state index in [0.717, 1.165) is 22.2 Å². The smallest absolute Gasteiger partial charge is 0.0852 e. The summed E-state index contributed by atoms with van der Waals surface area (Å²) in [6, 6.07) is 15.4. The van der Waals surface area contributed by atoms with Crippen LogP contribution < -0.4 is 0 Å². The van der Waals surface area contributed by atoms with Crippen LogP contribution >= 0.6 is 0 Å². The van der Waals surface area contributed by atoms with Crippen LogP contribution in [0.25, 0.3) is 10.9 Å². The van der Waals surface area contributed by atoms with Crippen LogP contribution in [0.3, 0.4) is 0 Å². The first-order valence-electron chi connectivity index (χ1n) is 6.26. The summed E-state index contributed by atoms with van der Waals surface area (Å²) >= 11 is 0. The second kappa shape index (κ2) is 5.16. The zero-order valence-electron chi connectivity index (χ0n) is 10.4. The van der Waals surface area contributed by atoms with Crippen LogP contribution in [0.1, 0.15) is 17.4 Å². The summed E-state index contributed by atoms with van der Waals surface area (Å²) in [5, 5.41) is 11.4. The van der Waals surface area contributed by atoms with Gasteiger partial charge in [-0.1, -0.05) is 24.3 Å². The molecule has 0 saturated heterocycles. The second-order valence-corrected chi connectivity index (χ2v) is 4.46. The SMILES string of the molecule is OC(Cc1ccccn1)c1ccnc2ccccc12. The Morgan fingerprint density at radius 1 is 0.895 bits per heavy atom. The number of hydrogen-bond donors (Lipinski definition) is 1. The molecule has 3 aromatic rings. The third kappa shape index (κ3) is 2.46. The van der Waals surface area contributed by atoms with Crippen molar-refractivity contribution in [2.45, 2.75) is 12.5 Å². The lowest BCUT2D eigenvalue weighted by molar-refractivity contribution is 0.178. The Balaban J connectivity index is 1.96. The summed E-state index contributed by atoms with van der Waals surface area (Å²) in [6.45, 7) is 0. The second-order valence-electron chi connectivity index (χ2n) is 4.46. The number of aliphatic hydroxyl groups is 1. The van der Waals surface area contributed by atoms with E-state index in [1.54, 1.807) is 12.4 Å². The molecular weight excluding hydrogens is 236 g/mol. The van der Waals surface area contributed by atoms with E-state index in [1.165, 1.54) is 0 Å². The van der Waals surface area contributed by atoms with Crippen molar-refractivity contribution >= 4 is 10.9 Å². The van der Waals surface area contributed by atoms with Gasteiger partial charge in [-0.3, -0.25) is 9.97 Å². The van der Waals surface area contributed by atoms with Gasteiger partial charge in [-0.05, 0) is 29.8 Å². The van der Waals surface area contributed by atoms with E-state index in [2.05, 4.69) is 9.97 Å². The topological polar surface area (TPSA) is 46.0 Å². The van der Waals surface area contributed by atoms with E-state index >= 15 is 0 Å². The largest absolute Gasteiger partial charge is 0.388 e. The van der Waals surface area contributed by atoms with Crippen LogP contribution in [0.2, 0.25) is 0 Å². The van der Waals surface area contributed by atoms with Gasteiger partial charge in [-0.25, -0.2) is 0 Å². The van der Waals surface area contributed by atoms with Crippen LogP contribution in [0, 0.1) is 0 Å². The molecule has 3 nitrogen and oxygen atoms in total. The number of aliphatic hydroxyl groups excluding tert-OH is 1. The summed E-state index contributed by atoms with van der Waals surface area (Å²) < 4.78 is 0. The lowest BCUT2D eigenvalue weighted by Gasteiger charge is -2.12. The summed E-state index contributed by atoms with van der Waals surface area (Å²) in [7, 11) is 0. The quantitative estimate of drug-likeness (QED) is 0.777. The zero-order chi connectivity index (χ0) is 13.1. The molecule has 1 aromatic carbocycles. The fourth-order valence-corrected chi connectivity index (χ4v) is 2.24. The van der Waals surface area contributed by atoms with Crippen molar-refractivity contribution in [3.05, 3.63) is 72.2 Å². The Morgan fingerprint density at radius 3 is 2.58 bits per heavy atom. The van der Waals surface area contributed by atoms with Crippen molar-refractivity contribution in [2.24, 2.45) is 0 Å². The van der Waals surface area contributed by atoms with E-state index in [0.29, 0.717) is 6.42 Å². The maximum atomic E-state index is 10.4. The normalized spacial score (nSPS) is 12.5. The summed E-state index contributed by atoms with van der Waals surface area (Å²) in [4.78, 5) is 8.55. The Labute approximate surface area is 111 Å². The molecule has 1 atom stereocenters. The van der Waals surface area contributed by atoms with Crippen LogP contribution in [-0.2, 0) is 6.42 Å². The Kier molecular flexibility index (Phi) is 3.21. The number of pyridine rings is 2. The summed E-state index contributed by atoms with van der Waals surface area (Å²) in [6.07, 6.45) is 3.42. The molecule has 0 aliphatic heterocycles. The van der Waals surface area contributed by atoms with Gasteiger partial charge in [0.2, 0.25) is 0 Å². The van der Waals surface area contributed by atoms with Gasteiger partial charge in [0.25, 0.3) is 0 Å². The third-order valence-electron chi connectivity index (χ3n) is 3.17. The molecule has 0 radical (unpaired) electrons. The molecule has 2 aromatic heterocycles. The number of hydrogen-bond acceptors (Lipinski definition) is 3. The molecule has 3 heteroatoms. The predicted molar refractivity (Wildman–Crippen MR) is 74.6 cm³/mol.